The summed E-state index contributed by atoms with van der Waals surface area (Å²) >= 11 is 0. The van der Waals surface area contributed by atoms with E-state index in [0.29, 0.717) is 6.42 Å². The van der Waals surface area contributed by atoms with E-state index in [1.807, 2.05) is 30.3 Å². The normalized spacial score (nSPS) is 22.8. The molecule has 1 heterocycles. The molecule has 1 aromatic rings. The van der Waals surface area contributed by atoms with Crippen LogP contribution < -0.4 is 10.4 Å². The Hall–Kier alpha value is -2.10. The van der Waals surface area contributed by atoms with Gasteiger partial charge in [-0.1, -0.05) is 44.2 Å². The molecule has 2 rings (SSSR count). The van der Waals surface area contributed by atoms with Crippen molar-refractivity contribution in [1.29, 1.82) is 0 Å². The van der Waals surface area contributed by atoms with Gasteiger partial charge in [-0.3, -0.25) is 14.4 Å². The number of carbonyl (C=O) groups excluding carboxylic acids is 3. The third-order valence-electron chi connectivity index (χ3n) is 5.07. The Morgan fingerprint density at radius 2 is 1.97 bits per heavy atom. The predicted octanol–water partition coefficient (Wildman–Crippen LogP) is 1.93. The zero-order valence-corrected chi connectivity index (χ0v) is 20.4. The molecule has 0 aliphatic carbocycles. The number of amides is 1. The maximum Gasteiger partial charge on any atom is 0.500 e. The van der Waals surface area contributed by atoms with Gasteiger partial charge in [-0.25, -0.2) is 0 Å². The number of rotatable bonds is 11. The molecule has 1 fully saturated rings. The van der Waals surface area contributed by atoms with Gasteiger partial charge in [0.1, 0.15) is 12.6 Å². The molecule has 1 unspecified atom stereocenters. The summed E-state index contributed by atoms with van der Waals surface area (Å²) in [6, 6.07) is 8.95. The highest BCUT2D eigenvalue weighted by atomic mass is 31.2. The zero-order chi connectivity index (χ0) is 24.5. The maximum atomic E-state index is 12.6. The molecule has 0 aromatic heterocycles. The van der Waals surface area contributed by atoms with Gasteiger partial charge in [-0.2, -0.15) is 9.42 Å². The molecule has 1 aromatic carbocycles. The van der Waals surface area contributed by atoms with Crippen LogP contribution in [0.2, 0.25) is 0 Å². The van der Waals surface area contributed by atoms with Crippen LogP contribution in [-0.4, -0.2) is 61.8 Å². The summed E-state index contributed by atoms with van der Waals surface area (Å²) in [5, 5.41) is 5.26. The quantitative estimate of drug-likeness (QED) is 0.244. The van der Waals surface area contributed by atoms with Gasteiger partial charge in [0.05, 0.1) is 20.1 Å². The van der Waals surface area contributed by atoms with E-state index in [0.717, 1.165) is 12.0 Å². The van der Waals surface area contributed by atoms with Gasteiger partial charge in [0.15, 0.2) is 6.10 Å². The van der Waals surface area contributed by atoms with E-state index in [-0.39, 0.29) is 26.2 Å². The fourth-order valence-corrected chi connectivity index (χ4v) is 5.08. The van der Waals surface area contributed by atoms with Crippen LogP contribution in [0.1, 0.15) is 39.2 Å². The highest BCUT2D eigenvalue weighted by Gasteiger charge is 2.58. The van der Waals surface area contributed by atoms with Crippen LogP contribution in [0, 0.1) is 5.41 Å². The molecular weight excluding hydrogens is 451 g/mol. The fourth-order valence-electron chi connectivity index (χ4n) is 3.11. The molecule has 0 saturated carbocycles. The lowest BCUT2D eigenvalue weighted by molar-refractivity contribution is -0.146. The Balaban J connectivity index is 1.84. The largest absolute Gasteiger partial charge is 0.500 e. The lowest BCUT2D eigenvalue weighted by Crippen LogP contribution is -2.52. The number of carbonyl (C=O) groups is 3. The van der Waals surface area contributed by atoms with E-state index < -0.39 is 43.5 Å². The second-order valence-corrected chi connectivity index (χ2v) is 10.3. The summed E-state index contributed by atoms with van der Waals surface area (Å²) in [6.45, 7) is 5.36. The number of benzene rings is 1. The molecule has 0 spiro atoms. The monoisotopic (exact) mass is 485 g/mol. The number of hydrogen-bond acceptors (Lipinski definition) is 9. The first-order valence-electron chi connectivity index (χ1n) is 10.8. The topological polar surface area (TPSA) is 132 Å². The van der Waals surface area contributed by atoms with Crippen LogP contribution in [0.5, 0.6) is 0 Å². The van der Waals surface area contributed by atoms with Crippen molar-refractivity contribution < 1.29 is 37.8 Å². The minimum Gasteiger partial charge on any atom is -0.469 e. The summed E-state index contributed by atoms with van der Waals surface area (Å²) < 4.78 is 21.0. The van der Waals surface area contributed by atoms with Crippen LogP contribution in [-0.2, 0) is 39.3 Å². The van der Waals surface area contributed by atoms with Gasteiger partial charge in [0.25, 0.3) is 5.91 Å². The Morgan fingerprint density at radius 1 is 1.27 bits per heavy atom. The molecule has 1 saturated heterocycles. The maximum absolute atomic E-state index is 12.6. The molecular formula is C22H34N2O8P+. The van der Waals surface area contributed by atoms with Crippen molar-refractivity contribution in [1.82, 2.24) is 10.4 Å². The smallest absolute Gasteiger partial charge is 0.469 e. The molecule has 1 aliphatic heterocycles. The van der Waals surface area contributed by atoms with Crippen LogP contribution in [0.25, 0.3) is 0 Å². The number of hydrogen-bond donors (Lipinski definition) is 3. The highest BCUT2D eigenvalue weighted by molar-refractivity contribution is 7.58. The van der Waals surface area contributed by atoms with Gasteiger partial charge in [-0.15, -0.1) is 9.61 Å². The van der Waals surface area contributed by atoms with Gasteiger partial charge in [-0.05, 0) is 25.3 Å². The number of esters is 2. The number of nitrogens with one attached hydrogen (secondary N) is 2. The fraction of sp³-hybridized carbons (Fsp3) is 0.591. The van der Waals surface area contributed by atoms with Gasteiger partial charge in [0, 0.05) is 12.0 Å². The lowest BCUT2D eigenvalue weighted by Gasteiger charge is -2.37. The SMILES string of the molecule is COC(=O)CCNC(=O)[C@@H]1O[P+](O)(N[C@@H](C)C(=O)OCCCc2ccccc2)OCC1(C)C. The molecule has 11 heteroatoms. The minimum atomic E-state index is -3.71. The highest BCUT2D eigenvalue weighted by Crippen LogP contribution is 2.60. The second kappa shape index (κ2) is 12.4. The van der Waals surface area contributed by atoms with E-state index in [9.17, 15) is 19.3 Å². The van der Waals surface area contributed by atoms with Crippen LogP contribution in [0.3, 0.4) is 0 Å². The van der Waals surface area contributed by atoms with Gasteiger partial charge < -0.3 is 14.8 Å². The van der Waals surface area contributed by atoms with Crippen molar-refractivity contribution in [2.45, 2.75) is 52.2 Å². The average molecular weight is 485 g/mol. The third kappa shape index (κ3) is 8.64. The molecule has 184 valence electrons. The first-order chi connectivity index (χ1) is 15.6. The molecule has 10 nitrogen and oxygen atoms in total. The summed E-state index contributed by atoms with van der Waals surface area (Å²) in [4.78, 5) is 47.0. The van der Waals surface area contributed by atoms with Crippen molar-refractivity contribution in [2.75, 3.05) is 26.9 Å². The Labute approximate surface area is 194 Å². The standard InChI is InChI=1S/C22H33N2O8P/c1-16(21(27)30-14-8-11-17-9-6-5-7-10-17)24-33(28)31-15-22(2,3)19(32-33)20(26)23-13-12-18(25)29-4/h5-7,9-10,16,19,24,28H,8,11-15H2,1-4H3/p+1/t16-,19-,33?/m0/s1. The predicted molar refractivity (Wildman–Crippen MR) is 122 cm³/mol. The third-order valence-corrected chi connectivity index (χ3v) is 6.76. The number of ether oxygens (including phenoxy) is 2. The zero-order valence-electron chi connectivity index (χ0n) is 19.5. The first-order valence-corrected chi connectivity index (χ1v) is 12.4. The molecule has 1 aliphatic rings. The average Bonchev–Trinajstić information content (AvgIpc) is 2.78. The molecule has 3 N–H and O–H groups in total. The minimum absolute atomic E-state index is 0.0106. The number of methoxy groups -OCH3 is 1. The summed E-state index contributed by atoms with van der Waals surface area (Å²) in [5.41, 5.74) is 0.409. The van der Waals surface area contributed by atoms with E-state index in [1.165, 1.54) is 14.0 Å². The van der Waals surface area contributed by atoms with Crippen molar-refractivity contribution in [3.8, 4) is 0 Å². The van der Waals surface area contributed by atoms with E-state index in [4.69, 9.17) is 13.8 Å². The molecule has 0 radical (unpaired) electrons. The van der Waals surface area contributed by atoms with E-state index >= 15 is 0 Å². The molecule has 33 heavy (non-hydrogen) atoms. The van der Waals surface area contributed by atoms with Gasteiger partial charge >= 0.3 is 20.0 Å². The van der Waals surface area contributed by atoms with Crippen LogP contribution >= 0.6 is 8.09 Å². The van der Waals surface area contributed by atoms with E-state index in [2.05, 4.69) is 15.1 Å². The van der Waals surface area contributed by atoms with E-state index in [1.54, 1.807) is 13.8 Å². The van der Waals surface area contributed by atoms with Crippen molar-refractivity contribution >= 4 is 25.9 Å². The molecule has 3 atom stereocenters. The molecule has 1 amide bonds. The lowest BCUT2D eigenvalue weighted by atomic mass is 9.87. The Bertz CT molecular complexity index is 807. The summed E-state index contributed by atoms with van der Waals surface area (Å²) in [5.74, 6) is -1.51. The molecule has 0 bridgehead atoms. The van der Waals surface area contributed by atoms with Crippen molar-refractivity contribution in [2.24, 2.45) is 5.41 Å². The van der Waals surface area contributed by atoms with Crippen molar-refractivity contribution in [3.05, 3.63) is 35.9 Å². The first kappa shape index (κ1) is 27.1. The summed E-state index contributed by atoms with van der Waals surface area (Å²) in [6.07, 6.45) is 0.401. The van der Waals surface area contributed by atoms with Crippen molar-refractivity contribution in [3.63, 3.8) is 0 Å². The van der Waals surface area contributed by atoms with Crippen LogP contribution in [0.15, 0.2) is 30.3 Å². The Morgan fingerprint density at radius 3 is 2.64 bits per heavy atom. The van der Waals surface area contributed by atoms with Gasteiger partial charge in [0.2, 0.25) is 0 Å². The number of aryl methyl sites for hydroxylation is 1. The van der Waals surface area contributed by atoms with Crippen LogP contribution in [0.4, 0.5) is 0 Å². The second-order valence-electron chi connectivity index (χ2n) is 8.49. The summed E-state index contributed by atoms with van der Waals surface area (Å²) in [7, 11) is -2.45. The Kier molecular flexibility index (Phi) is 10.2.